The number of pyridine rings is 1. The second-order valence-corrected chi connectivity index (χ2v) is 10.7. The summed E-state index contributed by atoms with van der Waals surface area (Å²) >= 11 is 0. The van der Waals surface area contributed by atoms with E-state index in [0.29, 0.717) is 25.1 Å². The maximum Gasteiger partial charge on any atom is 0.325 e. The van der Waals surface area contributed by atoms with Crippen LogP contribution < -0.4 is 16.1 Å². The van der Waals surface area contributed by atoms with Crippen LogP contribution >= 0.6 is 0 Å². The molecule has 4 rings (SSSR count). The van der Waals surface area contributed by atoms with Crippen LogP contribution in [0.1, 0.15) is 64.8 Å². The number of ether oxygens (including phenoxy) is 1. The molecular weight excluding hydrogens is 498 g/mol. The molecule has 39 heavy (non-hydrogen) atoms. The zero-order valence-electron chi connectivity index (χ0n) is 23.1. The van der Waals surface area contributed by atoms with Crippen LogP contribution in [0.5, 0.6) is 0 Å². The Kier molecular flexibility index (Phi) is 8.64. The first kappa shape index (κ1) is 28.2. The van der Waals surface area contributed by atoms with Crippen LogP contribution in [0, 0.1) is 11.8 Å². The molecule has 0 aliphatic carbocycles. The zero-order chi connectivity index (χ0) is 28.3. The lowest BCUT2D eigenvalue weighted by Gasteiger charge is -2.35. The van der Waals surface area contributed by atoms with E-state index in [1.54, 1.807) is 32.2 Å². The molecule has 3 amide bonds. The van der Waals surface area contributed by atoms with Gasteiger partial charge in [-0.3, -0.25) is 29.2 Å². The molecule has 0 spiro atoms. The molecule has 10 nitrogen and oxygen atoms in total. The average Bonchev–Trinajstić information content (AvgIpc) is 2.92. The van der Waals surface area contributed by atoms with E-state index < -0.39 is 42.0 Å². The zero-order valence-corrected chi connectivity index (χ0v) is 23.1. The molecule has 1 saturated heterocycles. The molecule has 0 radical (unpaired) electrons. The summed E-state index contributed by atoms with van der Waals surface area (Å²) in [5.74, 6) is -2.31. The van der Waals surface area contributed by atoms with Gasteiger partial charge in [-0.05, 0) is 61.8 Å². The molecule has 2 aliphatic heterocycles. The molecule has 0 saturated carbocycles. The number of esters is 1. The van der Waals surface area contributed by atoms with Gasteiger partial charge in [0, 0.05) is 18.1 Å². The number of carbonyl (C=O) groups is 4. The quantitative estimate of drug-likeness (QED) is 0.479. The fraction of sp³-hybridized carbons (Fsp3) is 0.483. The van der Waals surface area contributed by atoms with E-state index in [2.05, 4.69) is 21.0 Å². The van der Waals surface area contributed by atoms with E-state index in [1.165, 1.54) is 5.01 Å². The first-order chi connectivity index (χ1) is 18.5. The number of amides is 3. The van der Waals surface area contributed by atoms with Gasteiger partial charge in [0.15, 0.2) is 0 Å². The van der Waals surface area contributed by atoms with Crippen molar-refractivity contribution in [3.8, 4) is 0 Å². The fourth-order valence-corrected chi connectivity index (χ4v) is 4.71. The van der Waals surface area contributed by atoms with Crippen molar-refractivity contribution in [3.63, 3.8) is 0 Å². The molecule has 2 aromatic rings. The van der Waals surface area contributed by atoms with Gasteiger partial charge >= 0.3 is 5.97 Å². The van der Waals surface area contributed by atoms with Gasteiger partial charge in [-0.1, -0.05) is 39.0 Å². The molecule has 2 aliphatic rings. The predicted octanol–water partition coefficient (Wildman–Crippen LogP) is 2.64. The predicted molar refractivity (Wildman–Crippen MR) is 147 cm³/mol. The van der Waals surface area contributed by atoms with Gasteiger partial charge in [-0.25, -0.2) is 5.43 Å². The third kappa shape index (κ3) is 6.62. The van der Waals surface area contributed by atoms with Crippen molar-refractivity contribution in [1.29, 1.82) is 0 Å². The number of nitrogens with zero attached hydrogens (tertiary/aromatic N) is 2. The Morgan fingerprint density at radius 2 is 1.77 bits per heavy atom. The Balaban J connectivity index is 1.67. The van der Waals surface area contributed by atoms with Gasteiger partial charge in [-0.2, -0.15) is 0 Å². The van der Waals surface area contributed by atoms with Crippen LogP contribution in [-0.2, 0) is 23.9 Å². The first-order valence-electron chi connectivity index (χ1n) is 13.5. The summed E-state index contributed by atoms with van der Waals surface area (Å²) in [5, 5.41) is 8.78. The summed E-state index contributed by atoms with van der Waals surface area (Å²) in [7, 11) is 0. The van der Waals surface area contributed by atoms with E-state index >= 15 is 0 Å². The first-order valence-corrected chi connectivity index (χ1v) is 13.5. The molecule has 1 aromatic carbocycles. The van der Waals surface area contributed by atoms with Crippen LogP contribution in [0.3, 0.4) is 0 Å². The maximum atomic E-state index is 13.1. The SMILES string of the molecule is CC1/C=C/c2cc3cc(ccc3cn2)[C@@H](C)OC(=O)C2CCCN(N2)C(=O)C(C)NC(=O)C(C(C)C)NC1=O. The highest BCUT2D eigenvalue weighted by Gasteiger charge is 2.34. The van der Waals surface area contributed by atoms with E-state index in [9.17, 15) is 19.2 Å². The fourth-order valence-electron chi connectivity index (χ4n) is 4.71. The van der Waals surface area contributed by atoms with Gasteiger partial charge in [-0.15, -0.1) is 0 Å². The lowest BCUT2D eigenvalue weighted by Crippen LogP contribution is -2.61. The number of benzene rings is 1. The Hall–Kier alpha value is -3.79. The van der Waals surface area contributed by atoms with Crippen LogP contribution in [0.25, 0.3) is 16.8 Å². The number of cyclic esters (lactones) is 1. The minimum atomic E-state index is -0.868. The summed E-state index contributed by atoms with van der Waals surface area (Å²) in [6.07, 6.45) is 5.89. The van der Waals surface area contributed by atoms with Gasteiger partial charge in [0.1, 0.15) is 24.2 Å². The molecule has 5 bridgehead atoms. The van der Waals surface area contributed by atoms with Crippen molar-refractivity contribution in [2.75, 3.05) is 6.54 Å². The molecule has 3 heterocycles. The lowest BCUT2D eigenvalue weighted by atomic mass is 10.0. The van der Waals surface area contributed by atoms with Gasteiger partial charge in [0.25, 0.3) is 5.91 Å². The van der Waals surface area contributed by atoms with Crippen LogP contribution in [0.2, 0.25) is 0 Å². The number of hydrogen-bond acceptors (Lipinski definition) is 7. The summed E-state index contributed by atoms with van der Waals surface area (Å²) in [6.45, 7) is 9.20. The Morgan fingerprint density at radius 3 is 2.51 bits per heavy atom. The van der Waals surface area contributed by atoms with Crippen molar-refractivity contribution >= 4 is 40.5 Å². The summed E-state index contributed by atoms with van der Waals surface area (Å²) in [4.78, 5) is 56.7. The standard InChI is InChI=1S/C29H37N5O5/c1-16(2)25-27(36)31-18(4)28(37)34-12-6-7-24(33-34)29(38)39-19(5)20-9-10-21-15-30-23(14-22(21)13-20)11-8-17(3)26(35)32-25/h8-11,13-19,24-25,33H,6-7,12H2,1-5H3,(H,31,36)(H,32,35)/b11-8+/t17?,18?,19-,24?,25?/m1/s1. The third-order valence-electron chi connectivity index (χ3n) is 7.21. The van der Waals surface area contributed by atoms with E-state index in [-0.39, 0.29) is 17.7 Å². The van der Waals surface area contributed by atoms with Crippen molar-refractivity contribution < 1.29 is 23.9 Å². The van der Waals surface area contributed by atoms with Crippen LogP contribution in [0.15, 0.2) is 36.5 Å². The minimum Gasteiger partial charge on any atom is -0.457 e. The number of rotatable bonds is 1. The second-order valence-electron chi connectivity index (χ2n) is 10.7. The summed E-state index contributed by atoms with van der Waals surface area (Å²) in [6, 6.07) is 5.32. The molecule has 1 aromatic heterocycles. The molecule has 10 heteroatoms. The summed E-state index contributed by atoms with van der Waals surface area (Å²) < 4.78 is 5.78. The smallest absolute Gasteiger partial charge is 0.325 e. The maximum absolute atomic E-state index is 13.1. The van der Waals surface area contributed by atoms with Gasteiger partial charge < -0.3 is 15.4 Å². The van der Waals surface area contributed by atoms with Crippen molar-refractivity contribution in [3.05, 3.63) is 47.8 Å². The normalized spacial score (nSPS) is 28.2. The molecule has 3 N–H and O–H groups in total. The highest BCUT2D eigenvalue weighted by molar-refractivity contribution is 5.93. The lowest BCUT2D eigenvalue weighted by molar-refractivity contribution is -0.157. The topological polar surface area (TPSA) is 130 Å². The Bertz CT molecular complexity index is 1290. The van der Waals surface area contributed by atoms with Gasteiger partial charge in [0.2, 0.25) is 11.8 Å². The minimum absolute atomic E-state index is 0.209. The van der Waals surface area contributed by atoms with Crippen molar-refractivity contribution in [2.45, 2.75) is 71.7 Å². The summed E-state index contributed by atoms with van der Waals surface area (Å²) in [5.41, 5.74) is 4.48. The molecular formula is C29H37N5O5. The Morgan fingerprint density at radius 1 is 1.00 bits per heavy atom. The number of hydrogen-bond donors (Lipinski definition) is 3. The van der Waals surface area contributed by atoms with Crippen molar-refractivity contribution in [2.24, 2.45) is 11.8 Å². The molecule has 4 unspecified atom stereocenters. The second kappa shape index (κ2) is 11.9. The largest absolute Gasteiger partial charge is 0.457 e. The van der Waals surface area contributed by atoms with E-state index in [1.807, 2.05) is 45.0 Å². The molecule has 1 fully saturated rings. The van der Waals surface area contributed by atoms with Gasteiger partial charge in [0.05, 0.1) is 11.6 Å². The number of carbonyl (C=O) groups excluding carboxylic acids is 4. The Labute approximate surface area is 228 Å². The van der Waals surface area contributed by atoms with E-state index in [0.717, 1.165) is 16.3 Å². The average molecular weight is 536 g/mol. The highest BCUT2D eigenvalue weighted by Crippen LogP contribution is 2.24. The van der Waals surface area contributed by atoms with Crippen LogP contribution in [0.4, 0.5) is 0 Å². The highest BCUT2D eigenvalue weighted by atomic mass is 16.5. The molecule has 5 atom stereocenters. The van der Waals surface area contributed by atoms with E-state index in [4.69, 9.17) is 4.74 Å². The third-order valence-corrected chi connectivity index (χ3v) is 7.21. The monoisotopic (exact) mass is 535 g/mol. The number of aromatic nitrogens is 1. The molecule has 208 valence electrons. The number of fused-ring (bicyclic) bond motifs is 4. The van der Waals surface area contributed by atoms with Crippen LogP contribution in [-0.4, -0.2) is 58.4 Å². The number of hydrazine groups is 1. The number of nitrogens with one attached hydrogen (secondary N) is 3. The van der Waals surface area contributed by atoms with Crippen molar-refractivity contribution in [1.82, 2.24) is 26.1 Å².